The van der Waals surface area contributed by atoms with Crippen LogP contribution in [0.25, 0.3) is 10.9 Å². The van der Waals surface area contributed by atoms with Crippen LogP contribution in [0.2, 0.25) is 0 Å². The average Bonchev–Trinajstić information content (AvgIpc) is 2.76. The zero-order valence-corrected chi connectivity index (χ0v) is 12.1. The molecule has 0 saturated carbocycles. The van der Waals surface area contributed by atoms with Crippen molar-refractivity contribution in [2.75, 3.05) is 6.54 Å². The lowest BCUT2D eigenvalue weighted by molar-refractivity contribution is 0.173. The number of hydrogen-bond donors (Lipinski definition) is 3. The van der Waals surface area contributed by atoms with Gasteiger partial charge in [0.1, 0.15) is 0 Å². The van der Waals surface area contributed by atoms with Crippen molar-refractivity contribution in [3.05, 3.63) is 36.0 Å². The van der Waals surface area contributed by atoms with Crippen LogP contribution in [0.3, 0.4) is 0 Å². The Balaban J connectivity index is 2.00. The van der Waals surface area contributed by atoms with E-state index in [4.69, 9.17) is 0 Å². The minimum absolute atomic E-state index is 0.0767. The monoisotopic (exact) mass is 275 g/mol. The van der Waals surface area contributed by atoms with Crippen molar-refractivity contribution in [1.29, 1.82) is 0 Å². The van der Waals surface area contributed by atoms with Gasteiger partial charge in [0.25, 0.3) is 0 Å². The van der Waals surface area contributed by atoms with E-state index >= 15 is 0 Å². The standard InChI is InChI=1S/C15H21N3O2/c1-10(2)17-15(20)16-9-14(19)12-4-5-13-11(8-12)6-7-18(13)3/h4-8,10,14,19H,9H2,1-3H3,(H2,16,17,20). The molecule has 2 aromatic rings. The summed E-state index contributed by atoms with van der Waals surface area (Å²) in [6.07, 6.45) is 1.27. The summed E-state index contributed by atoms with van der Waals surface area (Å²) in [6.45, 7) is 3.97. The van der Waals surface area contributed by atoms with E-state index in [2.05, 4.69) is 10.6 Å². The first-order valence-electron chi connectivity index (χ1n) is 6.75. The second kappa shape index (κ2) is 5.96. The molecule has 2 amide bonds. The molecule has 1 atom stereocenters. The third-order valence-corrected chi connectivity index (χ3v) is 3.17. The minimum Gasteiger partial charge on any atom is -0.387 e. The number of aryl methyl sites for hydroxylation is 1. The highest BCUT2D eigenvalue weighted by Crippen LogP contribution is 2.20. The van der Waals surface area contributed by atoms with Crippen molar-refractivity contribution in [1.82, 2.24) is 15.2 Å². The number of aromatic nitrogens is 1. The quantitative estimate of drug-likeness (QED) is 0.798. The van der Waals surface area contributed by atoms with Gasteiger partial charge in [0, 0.05) is 31.3 Å². The Labute approximate surface area is 118 Å². The SMILES string of the molecule is CC(C)NC(=O)NCC(O)c1ccc2c(ccn2C)c1. The predicted octanol–water partition coefficient (Wildman–Crippen LogP) is 1.92. The molecule has 5 heteroatoms. The van der Waals surface area contributed by atoms with Gasteiger partial charge in [0.15, 0.2) is 0 Å². The van der Waals surface area contributed by atoms with Crippen LogP contribution in [0.1, 0.15) is 25.5 Å². The Kier molecular flexibility index (Phi) is 4.29. The molecule has 1 unspecified atom stereocenters. The Bertz CT molecular complexity index is 604. The highest BCUT2D eigenvalue weighted by atomic mass is 16.3. The lowest BCUT2D eigenvalue weighted by Crippen LogP contribution is -2.41. The van der Waals surface area contributed by atoms with E-state index in [1.54, 1.807) is 0 Å². The van der Waals surface area contributed by atoms with Gasteiger partial charge in [-0.1, -0.05) is 6.07 Å². The number of nitrogens with one attached hydrogen (secondary N) is 2. The first-order chi connectivity index (χ1) is 9.47. The normalized spacial score (nSPS) is 12.7. The van der Waals surface area contributed by atoms with Crippen LogP contribution in [0.15, 0.2) is 30.5 Å². The summed E-state index contributed by atoms with van der Waals surface area (Å²) in [4.78, 5) is 11.5. The number of hydrogen-bond acceptors (Lipinski definition) is 2. The summed E-state index contributed by atoms with van der Waals surface area (Å²) >= 11 is 0. The van der Waals surface area contributed by atoms with Gasteiger partial charge in [-0.05, 0) is 43.0 Å². The van der Waals surface area contributed by atoms with Crippen LogP contribution < -0.4 is 10.6 Å². The number of aliphatic hydroxyl groups excluding tert-OH is 1. The minimum atomic E-state index is -0.711. The van der Waals surface area contributed by atoms with Crippen LogP contribution in [0.5, 0.6) is 0 Å². The molecule has 0 aliphatic rings. The van der Waals surface area contributed by atoms with Crippen molar-refractivity contribution >= 4 is 16.9 Å². The van der Waals surface area contributed by atoms with E-state index in [0.717, 1.165) is 16.5 Å². The van der Waals surface area contributed by atoms with Crippen LogP contribution in [-0.2, 0) is 7.05 Å². The molecule has 0 spiro atoms. The molecule has 108 valence electrons. The predicted molar refractivity (Wildman–Crippen MR) is 79.5 cm³/mol. The van der Waals surface area contributed by atoms with E-state index in [1.165, 1.54) is 0 Å². The fraction of sp³-hybridized carbons (Fsp3) is 0.400. The zero-order valence-electron chi connectivity index (χ0n) is 12.1. The van der Waals surface area contributed by atoms with Crippen molar-refractivity contribution in [3.8, 4) is 0 Å². The molecular formula is C15H21N3O2. The lowest BCUT2D eigenvalue weighted by atomic mass is 10.1. The fourth-order valence-corrected chi connectivity index (χ4v) is 2.13. The number of urea groups is 1. The molecule has 0 fully saturated rings. The number of carbonyl (C=O) groups is 1. The molecule has 0 aliphatic heterocycles. The Hall–Kier alpha value is -2.01. The van der Waals surface area contributed by atoms with Gasteiger partial charge in [0.2, 0.25) is 0 Å². The van der Waals surface area contributed by atoms with E-state index in [9.17, 15) is 9.90 Å². The fourth-order valence-electron chi connectivity index (χ4n) is 2.13. The Morgan fingerprint density at radius 2 is 2.10 bits per heavy atom. The first-order valence-corrected chi connectivity index (χ1v) is 6.75. The number of aliphatic hydroxyl groups is 1. The summed E-state index contributed by atoms with van der Waals surface area (Å²) in [7, 11) is 1.98. The van der Waals surface area contributed by atoms with Gasteiger partial charge in [-0.2, -0.15) is 0 Å². The second-order valence-electron chi connectivity index (χ2n) is 5.27. The molecule has 1 aromatic carbocycles. The zero-order chi connectivity index (χ0) is 14.7. The van der Waals surface area contributed by atoms with E-state index in [1.807, 2.05) is 55.9 Å². The molecule has 0 aliphatic carbocycles. The van der Waals surface area contributed by atoms with Gasteiger partial charge in [0.05, 0.1) is 6.10 Å². The first kappa shape index (κ1) is 14.4. The molecule has 3 N–H and O–H groups in total. The third kappa shape index (κ3) is 3.30. The average molecular weight is 275 g/mol. The van der Waals surface area contributed by atoms with Crippen LogP contribution >= 0.6 is 0 Å². The largest absolute Gasteiger partial charge is 0.387 e. The maximum atomic E-state index is 11.5. The number of amides is 2. The van der Waals surface area contributed by atoms with Gasteiger partial charge in [-0.25, -0.2) is 4.79 Å². The van der Waals surface area contributed by atoms with Gasteiger partial charge in [-0.3, -0.25) is 0 Å². The molecule has 0 radical (unpaired) electrons. The lowest BCUT2D eigenvalue weighted by Gasteiger charge is -2.14. The van der Waals surface area contributed by atoms with Gasteiger partial charge < -0.3 is 20.3 Å². The second-order valence-corrected chi connectivity index (χ2v) is 5.27. The smallest absolute Gasteiger partial charge is 0.315 e. The topological polar surface area (TPSA) is 66.3 Å². The number of nitrogens with zero attached hydrogens (tertiary/aromatic N) is 1. The van der Waals surface area contributed by atoms with Gasteiger partial charge in [-0.15, -0.1) is 0 Å². The van der Waals surface area contributed by atoms with Crippen molar-refractivity contribution < 1.29 is 9.90 Å². The van der Waals surface area contributed by atoms with E-state index in [-0.39, 0.29) is 18.6 Å². The molecule has 0 bridgehead atoms. The Morgan fingerprint density at radius 1 is 1.35 bits per heavy atom. The van der Waals surface area contributed by atoms with Crippen LogP contribution in [0, 0.1) is 0 Å². The van der Waals surface area contributed by atoms with Crippen molar-refractivity contribution in [2.24, 2.45) is 7.05 Å². The summed E-state index contributed by atoms with van der Waals surface area (Å²) < 4.78 is 2.03. The molecule has 1 heterocycles. The molecule has 5 nitrogen and oxygen atoms in total. The molecule has 1 aromatic heterocycles. The summed E-state index contributed by atoms with van der Waals surface area (Å²) in [5.74, 6) is 0. The summed E-state index contributed by atoms with van der Waals surface area (Å²) in [5.41, 5.74) is 1.92. The van der Waals surface area contributed by atoms with Gasteiger partial charge >= 0.3 is 6.03 Å². The molecule has 0 saturated heterocycles. The van der Waals surface area contributed by atoms with Crippen LogP contribution in [-0.4, -0.2) is 28.3 Å². The maximum Gasteiger partial charge on any atom is 0.315 e. The summed E-state index contributed by atoms with van der Waals surface area (Å²) in [6, 6.07) is 7.62. The van der Waals surface area contributed by atoms with Crippen molar-refractivity contribution in [3.63, 3.8) is 0 Å². The molecular weight excluding hydrogens is 254 g/mol. The highest BCUT2D eigenvalue weighted by molar-refractivity contribution is 5.81. The number of benzene rings is 1. The Morgan fingerprint density at radius 3 is 2.80 bits per heavy atom. The van der Waals surface area contributed by atoms with E-state index in [0.29, 0.717) is 0 Å². The maximum absolute atomic E-state index is 11.5. The number of rotatable bonds is 4. The van der Waals surface area contributed by atoms with E-state index < -0.39 is 6.10 Å². The number of fused-ring (bicyclic) bond motifs is 1. The molecule has 20 heavy (non-hydrogen) atoms. The van der Waals surface area contributed by atoms with Crippen LogP contribution in [0.4, 0.5) is 4.79 Å². The summed E-state index contributed by atoms with van der Waals surface area (Å²) in [5, 5.41) is 16.6. The third-order valence-electron chi connectivity index (χ3n) is 3.17. The van der Waals surface area contributed by atoms with Crippen molar-refractivity contribution in [2.45, 2.75) is 26.0 Å². The highest BCUT2D eigenvalue weighted by Gasteiger charge is 2.11. The number of carbonyl (C=O) groups excluding carboxylic acids is 1. The molecule has 2 rings (SSSR count).